The van der Waals surface area contributed by atoms with Crippen LogP contribution < -0.4 is 10.9 Å². The first-order chi connectivity index (χ1) is 13.0. The first-order valence-electron chi connectivity index (χ1n) is 8.49. The lowest BCUT2D eigenvalue weighted by Crippen LogP contribution is -2.29. The van der Waals surface area contributed by atoms with Gasteiger partial charge in [-0.2, -0.15) is 5.10 Å². The smallest absolute Gasteiger partial charge is 0.291 e. The molecule has 0 saturated heterocycles. The molecular weight excluding hydrogens is 347 g/mol. The van der Waals surface area contributed by atoms with Crippen molar-refractivity contribution in [3.63, 3.8) is 0 Å². The van der Waals surface area contributed by atoms with Crippen LogP contribution in [0.1, 0.15) is 5.56 Å². The molecule has 0 aliphatic carbocycles. The van der Waals surface area contributed by atoms with E-state index in [1.807, 2.05) is 24.3 Å². The molecule has 4 aromatic rings. The molecule has 0 aliphatic heterocycles. The minimum absolute atomic E-state index is 0.00443. The van der Waals surface area contributed by atoms with Gasteiger partial charge in [-0.3, -0.25) is 9.59 Å². The van der Waals surface area contributed by atoms with Gasteiger partial charge in [0.2, 0.25) is 5.91 Å². The van der Waals surface area contributed by atoms with E-state index >= 15 is 0 Å². The maximum Gasteiger partial charge on any atom is 0.291 e. The summed E-state index contributed by atoms with van der Waals surface area (Å²) in [6, 6.07) is 13.5. The van der Waals surface area contributed by atoms with E-state index in [-0.39, 0.29) is 30.4 Å². The van der Waals surface area contributed by atoms with Gasteiger partial charge in [0.25, 0.3) is 5.56 Å². The average molecular weight is 364 g/mol. The molecule has 6 nitrogen and oxygen atoms in total. The number of nitrogens with one attached hydrogen (secondary N) is 1. The van der Waals surface area contributed by atoms with E-state index < -0.39 is 0 Å². The summed E-state index contributed by atoms with van der Waals surface area (Å²) in [4.78, 5) is 25.1. The van der Waals surface area contributed by atoms with Gasteiger partial charge in [0, 0.05) is 29.9 Å². The molecule has 2 heterocycles. The lowest BCUT2D eigenvalue weighted by Gasteiger charge is -2.09. The maximum absolute atomic E-state index is 13.0. The highest BCUT2D eigenvalue weighted by Crippen LogP contribution is 2.25. The van der Waals surface area contributed by atoms with Gasteiger partial charge in [-0.05, 0) is 23.8 Å². The highest BCUT2D eigenvalue weighted by molar-refractivity contribution is 6.07. The van der Waals surface area contributed by atoms with E-state index in [4.69, 9.17) is 0 Å². The summed E-state index contributed by atoms with van der Waals surface area (Å²) in [5.74, 6) is -0.555. The first kappa shape index (κ1) is 17.0. The molecule has 7 heteroatoms. The molecule has 1 N–H and O–H groups in total. The van der Waals surface area contributed by atoms with Crippen molar-refractivity contribution in [1.29, 1.82) is 0 Å². The van der Waals surface area contributed by atoms with Crippen molar-refractivity contribution in [2.75, 3.05) is 0 Å². The van der Waals surface area contributed by atoms with E-state index in [1.165, 1.54) is 16.8 Å². The summed E-state index contributed by atoms with van der Waals surface area (Å²) < 4.78 is 16.0. The van der Waals surface area contributed by atoms with Crippen LogP contribution in [-0.4, -0.2) is 20.3 Å². The Morgan fingerprint density at radius 2 is 1.85 bits per heavy atom. The van der Waals surface area contributed by atoms with Crippen LogP contribution in [-0.2, 0) is 24.9 Å². The van der Waals surface area contributed by atoms with Crippen molar-refractivity contribution >= 4 is 27.7 Å². The zero-order valence-corrected chi connectivity index (χ0v) is 14.6. The minimum atomic E-state index is -0.320. The van der Waals surface area contributed by atoms with E-state index in [2.05, 4.69) is 10.4 Å². The Morgan fingerprint density at radius 1 is 1.11 bits per heavy atom. The number of amides is 1. The first-order valence-corrected chi connectivity index (χ1v) is 8.49. The topological polar surface area (TPSA) is 68.9 Å². The summed E-state index contributed by atoms with van der Waals surface area (Å²) in [5, 5.41) is 8.51. The fraction of sp³-hybridized carbons (Fsp3) is 0.150. The van der Waals surface area contributed by atoms with E-state index in [9.17, 15) is 14.0 Å². The standard InChI is InChI=1S/C20H17FN4O2/c1-24-20(27)19-16(11-23-24)15-4-2-3-5-17(15)25(19)12-18(26)22-10-13-6-8-14(21)9-7-13/h2-9,11H,10,12H2,1H3,(H,22,26). The molecule has 4 rings (SSSR count). The van der Waals surface area contributed by atoms with Gasteiger partial charge in [0.05, 0.1) is 6.20 Å². The van der Waals surface area contributed by atoms with Crippen molar-refractivity contribution in [1.82, 2.24) is 19.7 Å². The molecule has 0 atom stereocenters. The largest absolute Gasteiger partial charge is 0.350 e. The van der Waals surface area contributed by atoms with Crippen LogP contribution in [0.4, 0.5) is 4.39 Å². The number of aromatic nitrogens is 3. The Bertz CT molecular complexity index is 1210. The second-order valence-corrected chi connectivity index (χ2v) is 6.34. The predicted molar refractivity (Wildman–Crippen MR) is 101 cm³/mol. The molecule has 27 heavy (non-hydrogen) atoms. The average Bonchev–Trinajstić information content (AvgIpc) is 2.99. The summed E-state index contributed by atoms with van der Waals surface area (Å²) in [6.45, 7) is 0.292. The number of nitrogens with zero attached hydrogens (tertiary/aromatic N) is 3. The molecule has 0 aliphatic rings. The molecule has 0 saturated carbocycles. The van der Waals surface area contributed by atoms with Gasteiger partial charge >= 0.3 is 0 Å². The quantitative estimate of drug-likeness (QED) is 0.604. The fourth-order valence-corrected chi connectivity index (χ4v) is 3.21. The van der Waals surface area contributed by atoms with Gasteiger partial charge in [0.15, 0.2) is 0 Å². The number of carbonyl (C=O) groups excluding carboxylic acids is 1. The Labute approximate surface area is 153 Å². The summed E-state index contributed by atoms with van der Waals surface area (Å²) >= 11 is 0. The number of aryl methyl sites for hydroxylation is 1. The Morgan fingerprint density at radius 3 is 2.63 bits per heavy atom. The van der Waals surface area contributed by atoms with Crippen LogP contribution in [0, 0.1) is 5.82 Å². The van der Waals surface area contributed by atoms with Crippen LogP contribution in [0.25, 0.3) is 21.8 Å². The molecule has 1 amide bonds. The molecule has 0 unspecified atom stereocenters. The van der Waals surface area contributed by atoms with Crippen LogP contribution in [0.2, 0.25) is 0 Å². The normalized spacial score (nSPS) is 11.2. The second-order valence-electron chi connectivity index (χ2n) is 6.34. The van der Waals surface area contributed by atoms with Crippen LogP contribution in [0.5, 0.6) is 0 Å². The fourth-order valence-electron chi connectivity index (χ4n) is 3.21. The van der Waals surface area contributed by atoms with Gasteiger partial charge < -0.3 is 9.88 Å². The van der Waals surface area contributed by atoms with Crippen LogP contribution in [0.15, 0.2) is 59.5 Å². The SMILES string of the molecule is Cn1ncc2c3ccccc3n(CC(=O)NCc3ccc(F)cc3)c2c1=O. The molecule has 0 fully saturated rings. The number of carbonyl (C=O) groups is 1. The van der Waals surface area contributed by atoms with Crippen molar-refractivity contribution in [2.45, 2.75) is 13.1 Å². The van der Waals surface area contributed by atoms with Crippen molar-refractivity contribution in [3.05, 3.63) is 76.5 Å². The zero-order chi connectivity index (χ0) is 19.0. The van der Waals surface area contributed by atoms with E-state index in [1.54, 1.807) is 29.9 Å². The Hall–Kier alpha value is -3.48. The number of hydrogen-bond donors (Lipinski definition) is 1. The second kappa shape index (κ2) is 6.68. The molecule has 2 aromatic carbocycles. The van der Waals surface area contributed by atoms with Crippen LogP contribution in [0.3, 0.4) is 0 Å². The lowest BCUT2D eigenvalue weighted by molar-refractivity contribution is -0.121. The highest BCUT2D eigenvalue weighted by Gasteiger charge is 2.16. The van der Waals surface area contributed by atoms with E-state index in [0.717, 1.165) is 21.9 Å². The summed E-state index contributed by atoms with van der Waals surface area (Å²) in [7, 11) is 1.58. The Kier molecular flexibility index (Phi) is 4.19. The number of fused-ring (bicyclic) bond motifs is 3. The number of para-hydroxylation sites is 1. The third kappa shape index (κ3) is 3.08. The number of rotatable bonds is 4. The Balaban J connectivity index is 1.68. The van der Waals surface area contributed by atoms with Crippen molar-refractivity contribution in [3.8, 4) is 0 Å². The molecule has 0 spiro atoms. The maximum atomic E-state index is 13.0. The molecule has 0 radical (unpaired) electrons. The summed E-state index contributed by atoms with van der Waals surface area (Å²) in [5.41, 5.74) is 1.79. The summed E-state index contributed by atoms with van der Waals surface area (Å²) in [6.07, 6.45) is 1.64. The van der Waals surface area contributed by atoms with Gasteiger partial charge in [-0.25, -0.2) is 9.07 Å². The number of benzene rings is 2. The zero-order valence-electron chi connectivity index (χ0n) is 14.6. The highest BCUT2D eigenvalue weighted by atomic mass is 19.1. The van der Waals surface area contributed by atoms with Crippen molar-refractivity contribution in [2.24, 2.45) is 7.05 Å². The van der Waals surface area contributed by atoms with Gasteiger partial charge in [-0.1, -0.05) is 30.3 Å². The number of hydrogen-bond acceptors (Lipinski definition) is 3. The number of halogens is 1. The third-order valence-electron chi connectivity index (χ3n) is 4.57. The molecule has 0 bridgehead atoms. The third-order valence-corrected chi connectivity index (χ3v) is 4.57. The predicted octanol–water partition coefficient (Wildman–Crippen LogP) is 2.34. The monoisotopic (exact) mass is 364 g/mol. The van der Waals surface area contributed by atoms with Gasteiger partial charge in [0.1, 0.15) is 17.9 Å². The van der Waals surface area contributed by atoms with E-state index in [0.29, 0.717) is 5.52 Å². The van der Waals surface area contributed by atoms with Gasteiger partial charge in [-0.15, -0.1) is 0 Å². The molecular formula is C20H17FN4O2. The minimum Gasteiger partial charge on any atom is -0.350 e. The lowest BCUT2D eigenvalue weighted by atomic mass is 10.2. The van der Waals surface area contributed by atoms with Crippen LogP contribution >= 0.6 is 0 Å². The van der Waals surface area contributed by atoms with Crippen molar-refractivity contribution < 1.29 is 9.18 Å². The molecule has 2 aromatic heterocycles. The molecule has 136 valence electrons.